The van der Waals surface area contributed by atoms with Gasteiger partial charge in [-0.25, -0.2) is 0 Å². The molecule has 0 atom stereocenters. The Hall–Kier alpha value is -1.40. The van der Waals surface area contributed by atoms with E-state index in [0.717, 1.165) is 19.9 Å². The Kier molecular flexibility index (Phi) is 4.31. The number of halogens is 6. The Bertz CT molecular complexity index is 473. The number of ether oxygens (including phenoxy) is 1. The quantitative estimate of drug-likeness (QED) is 0.715. The molecule has 0 spiro atoms. The summed E-state index contributed by atoms with van der Waals surface area (Å²) < 4.78 is 80.5. The first-order chi connectivity index (χ1) is 8.83. The van der Waals surface area contributed by atoms with Crippen molar-refractivity contribution in [2.24, 2.45) is 5.41 Å². The van der Waals surface area contributed by atoms with Crippen LogP contribution in [0.5, 0.6) is 5.75 Å². The Morgan fingerprint density at radius 2 is 1.50 bits per heavy atom. The Morgan fingerprint density at radius 1 is 0.950 bits per heavy atom. The predicted molar refractivity (Wildman–Crippen MR) is 61.5 cm³/mol. The molecule has 0 aliphatic heterocycles. The van der Waals surface area contributed by atoms with Crippen molar-refractivity contribution in [2.75, 3.05) is 6.61 Å². The van der Waals surface area contributed by atoms with Gasteiger partial charge in [-0.3, -0.25) is 0 Å². The number of benzene rings is 1. The zero-order valence-corrected chi connectivity index (χ0v) is 11.1. The average molecular weight is 300 g/mol. The van der Waals surface area contributed by atoms with Crippen LogP contribution in [0.25, 0.3) is 0 Å². The second-order valence-corrected chi connectivity index (χ2v) is 5.20. The van der Waals surface area contributed by atoms with E-state index in [1.807, 2.05) is 0 Å². The molecule has 1 aromatic carbocycles. The number of rotatable bonds is 3. The summed E-state index contributed by atoms with van der Waals surface area (Å²) in [6.07, 6.45) is -9.06. The summed E-state index contributed by atoms with van der Waals surface area (Å²) >= 11 is 0. The summed E-state index contributed by atoms with van der Waals surface area (Å²) in [5.41, 5.74) is -2.83. The van der Waals surface area contributed by atoms with Gasteiger partial charge in [0.1, 0.15) is 12.4 Å². The Morgan fingerprint density at radius 3 is 1.95 bits per heavy atom. The van der Waals surface area contributed by atoms with E-state index < -0.39 is 29.9 Å². The zero-order chi connectivity index (χ0) is 15.8. The van der Waals surface area contributed by atoms with Gasteiger partial charge in [-0.15, -0.1) is 0 Å². The maximum absolute atomic E-state index is 12.6. The first-order valence-corrected chi connectivity index (χ1v) is 5.71. The third-order valence-corrected chi connectivity index (χ3v) is 2.75. The summed E-state index contributed by atoms with van der Waals surface area (Å²) in [5, 5.41) is 0. The highest BCUT2D eigenvalue weighted by atomic mass is 19.4. The lowest BCUT2D eigenvalue weighted by atomic mass is 9.94. The van der Waals surface area contributed by atoms with E-state index in [1.165, 1.54) is 13.0 Å². The van der Waals surface area contributed by atoms with Crippen molar-refractivity contribution in [3.8, 4) is 5.75 Å². The highest BCUT2D eigenvalue weighted by Gasteiger charge is 2.48. The molecule has 0 aliphatic rings. The molecule has 0 heterocycles. The van der Waals surface area contributed by atoms with Crippen molar-refractivity contribution in [1.29, 1.82) is 0 Å². The highest BCUT2D eigenvalue weighted by Crippen LogP contribution is 2.38. The van der Waals surface area contributed by atoms with Crippen molar-refractivity contribution >= 4 is 0 Å². The van der Waals surface area contributed by atoms with Crippen molar-refractivity contribution in [2.45, 2.75) is 33.1 Å². The molecule has 1 nitrogen and oxygen atoms in total. The van der Waals surface area contributed by atoms with E-state index in [0.29, 0.717) is 6.07 Å². The van der Waals surface area contributed by atoms with Crippen LogP contribution in [-0.2, 0) is 6.18 Å². The van der Waals surface area contributed by atoms with E-state index in [-0.39, 0.29) is 11.3 Å². The summed E-state index contributed by atoms with van der Waals surface area (Å²) in [7, 11) is 0. The summed E-state index contributed by atoms with van der Waals surface area (Å²) in [4.78, 5) is 0. The Labute approximate surface area is 112 Å². The molecule has 20 heavy (non-hydrogen) atoms. The van der Waals surface area contributed by atoms with E-state index in [2.05, 4.69) is 0 Å². The van der Waals surface area contributed by atoms with Crippen LogP contribution in [0, 0.1) is 12.3 Å². The van der Waals surface area contributed by atoms with Crippen LogP contribution in [0.2, 0.25) is 0 Å². The van der Waals surface area contributed by atoms with Gasteiger partial charge < -0.3 is 4.74 Å². The molecule has 0 saturated heterocycles. The van der Waals surface area contributed by atoms with E-state index in [1.54, 1.807) is 0 Å². The van der Waals surface area contributed by atoms with Crippen molar-refractivity contribution in [3.63, 3.8) is 0 Å². The maximum atomic E-state index is 12.6. The van der Waals surface area contributed by atoms with Crippen molar-refractivity contribution in [3.05, 3.63) is 29.3 Å². The van der Waals surface area contributed by atoms with Gasteiger partial charge in [0.05, 0.1) is 11.0 Å². The van der Waals surface area contributed by atoms with Crippen LogP contribution in [0.15, 0.2) is 18.2 Å². The number of hydrogen-bond donors (Lipinski definition) is 0. The largest absolute Gasteiger partial charge is 0.493 e. The molecule has 0 aliphatic carbocycles. The third kappa shape index (κ3) is 4.05. The molecule has 0 bridgehead atoms. The normalized spacial score (nSPS) is 13.4. The minimum Gasteiger partial charge on any atom is -0.493 e. The summed E-state index contributed by atoms with van der Waals surface area (Å²) in [6, 6.07) is 2.86. The van der Waals surface area contributed by atoms with E-state index >= 15 is 0 Å². The topological polar surface area (TPSA) is 9.23 Å². The average Bonchev–Trinajstić information content (AvgIpc) is 2.23. The molecule has 1 rings (SSSR count). The molecule has 0 amide bonds. The molecular formula is C13H14F6O. The fourth-order valence-electron chi connectivity index (χ4n) is 1.34. The fourth-order valence-corrected chi connectivity index (χ4v) is 1.34. The number of aryl methyl sites for hydroxylation is 1. The third-order valence-electron chi connectivity index (χ3n) is 2.75. The second kappa shape index (κ2) is 5.18. The minimum atomic E-state index is -4.57. The number of hydrogen-bond acceptors (Lipinski definition) is 1. The number of alkyl halides is 6. The maximum Gasteiger partial charge on any atom is 0.416 e. The lowest BCUT2D eigenvalue weighted by Gasteiger charge is -2.27. The van der Waals surface area contributed by atoms with Crippen molar-refractivity contribution in [1.82, 2.24) is 0 Å². The van der Waals surface area contributed by atoms with Crippen LogP contribution in [0.1, 0.15) is 25.0 Å². The van der Waals surface area contributed by atoms with Crippen LogP contribution in [0.4, 0.5) is 26.3 Å². The predicted octanol–water partition coefficient (Wildman–Crippen LogP) is 4.98. The second-order valence-electron chi connectivity index (χ2n) is 5.20. The first-order valence-electron chi connectivity index (χ1n) is 5.71. The molecule has 1 aromatic rings. The smallest absolute Gasteiger partial charge is 0.416 e. The Balaban J connectivity index is 2.92. The molecular weight excluding hydrogens is 286 g/mol. The zero-order valence-electron chi connectivity index (χ0n) is 11.1. The van der Waals surface area contributed by atoms with Gasteiger partial charge in [0, 0.05) is 0 Å². The van der Waals surface area contributed by atoms with E-state index in [4.69, 9.17) is 4.74 Å². The van der Waals surface area contributed by atoms with Gasteiger partial charge in [0.25, 0.3) is 0 Å². The molecule has 0 aromatic heterocycles. The van der Waals surface area contributed by atoms with Crippen LogP contribution in [-0.4, -0.2) is 12.8 Å². The summed E-state index contributed by atoms with van der Waals surface area (Å²) in [6.45, 7) is 2.51. The molecule has 0 N–H and O–H groups in total. The van der Waals surface area contributed by atoms with Crippen LogP contribution in [0.3, 0.4) is 0 Å². The molecule has 0 radical (unpaired) electrons. The monoisotopic (exact) mass is 300 g/mol. The van der Waals surface area contributed by atoms with Gasteiger partial charge >= 0.3 is 12.4 Å². The van der Waals surface area contributed by atoms with E-state index in [9.17, 15) is 26.3 Å². The van der Waals surface area contributed by atoms with Gasteiger partial charge in [-0.1, -0.05) is 0 Å². The summed E-state index contributed by atoms with van der Waals surface area (Å²) in [5.74, 6) is -0.227. The molecule has 0 fully saturated rings. The van der Waals surface area contributed by atoms with Crippen molar-refractivity contribution < 1.29 is 31.1 Å². The molecule has 7 heteroatoms. The van der Waals surface area contributed by atoms with Gasteiger partial charge in [-0.2, -0.15) is 26.3 Å². The lowest BCUT2D eigenvalue weighted by molar-refractivity contribution is -0.219. The lowest BCUT2D eigenvalue weighted by Crippen LogP contribution is -2.37. The highest BCUT2D eigenvalue weighted by molar-refractivity contribution is 5.35. The van der Waals surface area contributed by atoms with Crippen LogP contribution >= 0.6 is 0 Å². The minimum absolute atomic E-state index is 0.227. The molecule has 114 valence electrons. The van der Waals surface area contributed by atoms with Gasteiger partial charge in [0.15, 0.2) is 0 Å². The van der Waals surface area contributed by atoms with Crippen LogP contribution < -0.4 is 4.74 Å². The van der Waals surface area contributed by atoms with Gasteiger partial charge in [0.2, 0.25) is 0 Å². The van der Waals surface area contributed by atoms with Gasteiger partial charge in [-0.05, 0) is 44.5 Å². The molecule has 0 unspecified atom stereocenters. The molecule has 0 saturated carbocycles. The fraction of sp³-hybridized carbons (Fsp3) is 0.538. The first kappa shape index (κ1) is 16.7. The SMILES string of the molecule is Cc1cc(OCC(C)(C)C(F)(F)F)cc(C(F)(F)F)c1. The standard InChI is InChI=1S/C13H14F6O/c1-8-4-9(12(14,15)16)6-10(5-8)20-7-11(2,3)13(17,18)19/h4-6H,7H2,1-3H3.